The van der Waals surface area contributed by atoms with E-state index in [9.17, 15) is 36.8 Å². The average molecular weight is 407 g/mol. The number of allylic oxidation sites excluding steroid dienone is 1. The molecule has 0 saturated heterocycles. The first-order valence-electron chi connectivity index (χ1n) is 4.92. The van der Waals surface area contributed by atoms with Crippen LogP contribution in [-0.2, 0) is 37.3 Å². The fourth-order valence-electron chi connectivity index (χ4n) is 1.70. The van der Waals surface area contributed by atoms with E-state index in [1.165, 1.54) is 0 Å². The molecule has 12 heteroatoms. The molecule has 0 heterocycles. The topological polar surface area (TPSA) is 159 Å². The van der Waals surface area contributed by atoms with Gasteiger partial charge in [0, 0.05) is 0 Å². The quantitative estimate of drug-likeness (QED) is 0.373. The Morgan fingerprint density at radius 1 is 0.909 bits per heavy atom. The van der Waals surface area contributed by atoms with Gasteiger partial charge in [0.25, 0.3) is 0 Å². The van der Waals surface area contributed by atoms with Crippen LogP contribution in [0, 0.1) is 0 Å². The minimum atomic E-state index is -5.09. The Morgan fingerprint density at radius 3 is 1.91 bits per heavy atom. The Hall–Kier alpha value is 0.276. The van der Waals surface area contributed by atoms with Crippen LogP contribution in [-0.4, -0.2) is 37.4 Å². The van der Waals surface area contributed by atoms with Crippen molar-refractivity contribution in [1.29, 1.82) is 0 Å². The molecule has 0 bridgehead atoms. The second-order valence-electron chi connectivity index (χ2n) is 3.86. The van der Waals surface area contributed by atoms with Gasteiger partial charge in [0.05, 0.1) is 9.79 Å². The van der Waals surface area contributed by atoms with Crippen molar-refractivity contribution in [2.24, 2.45) is 0 Å². The first-order valence-corrected chi connectivity index (χ1v) is 7.74. The number of rotatable bonds is 2. The zero-order chi connectivity index (χ0) is 15.3. The monoisotopic (exact) mass is 407 g/mol. The molecule has 1 aromatic rings. The molecule has 0 fully saturated rings. The Kier molecular flexibility index (Phi) is 7.54. The van der Waals surface area contributed by atoms with Gasteiger partial charge in [-0.25, -0.2) is 16.8 Å². The van der Waals surface area contributed by atoms with E-state index in [0.29, 0.717) is 12.1 Å². The third kappa shape index (κ3) is 4.42. The van der Waals surface area contributed by atoms with E-state index >= 15 is 0 Å². The summed E-state index contributed by atoms with van der Waals surface area (Å²) in [5.74, 6) is 0. The van der Waals surface area contributed by atoms with Gasteiger partial charge in [-0.3, -0.25) is 0 Å². The standard InChI is InChI=1S/C10H6N2O6S2.Fe.K/c11-8-2-1-6-7(10(8)12)3-5(19(13,14)15)4-9(6)20(16,17)18;;/h1-4H,(H,13,14,15)(H,16,17,18);;/q-2;+2;+1/p-2. The van der Waals surface area contributed by atoms with Crippen LogP contribution in [0.25, 0.3) is 16.9 Å². The summed E-state index contributed by atoms with van der Waals surface area (Å²) in [5, 5.41) is 18.9. The molecule has 0 radical (unpaired) electrons. The minimum Gasteiger partial charge on any atom is -0.805 e. The van der Waals surface area contributed by atoms with Crippen LogP contribution >= 0.6 is 0 Å². The average Bonchev–Trinajstić information content (AvgIpc) is 2.30. The molecule has 8 nitrogen and oxygen atoms in total. The van der Waals surface area contributed by atoms with Gasteiger partial charge in [0.2, 0.25) is 0 Å². The van der Waals surface area contributed by atoms with E-state index in [2.05, 4.69) is 0 Å². The summed E-state index contributed by atoms with van der Waals surface area (Å²) >= 11 is 0. The van der Waals surface area contributed by atoms with Crippen molar-refractivity contribution in [1.82, 2.24) is 0 Å². The second-order valence-corrected chi connectivity index (χ2v) is 6.59. The van der Waals surface area contributed by atoms with Crippen LogP contribution in [0.15, 0.2) is 28.0 Å². The van der Waals surface area contributed by atoms with Crippen LogP contribution in [0.5, 0.6) is 0 Å². The van der Waals surface area contributed by atoms with Crippen LogP contribution in [0.1, 0.15) is 11.1 Å². The van der Waals surface area contributed by atoms with Gasteiger partial charge in [-0.05, 0) is 23.3 Å². The van der Waals surface area contributed by atoms with E-state index in [0.717, 1.165) is 12.2 Å². The smallest absolute Gasteiger partial charge is 0.805 e. The molecule has 22 heavy (non-hydrogen) atoms. The summed E-state index contributed by atoms with van der Waals surface area (Å²) in [7, 11) is -10.1. The van der Waals surface area contributed by atoms with Crippen molar-refractivity contribution in [2.75, 3.05) is 0 Å². The van der Waals surface area contributed by atoms with Gasteiger partial charge in [-0.2, -0.15) is 11.4 Å². The molecule has 112 valence electrons. The molecule has 0 N–H and O–H groups in total. The molecular formula is C10H4FeKN2O6S2-. The largest absolute Gasteiger partial charge is 2.00 e. The summed E-state index contributed by atoms with van der Waals surface area (Å²) in [6.07, 6.45) is 1.94. The molecule has 1 aliphatic rings. The Bertz CT molecular complexity index is 892. The van der Waals surface area contributed by atoms with Crippen LogP contribution in [0.3, 0.4) is 0 Å². The van der Waals surface area contributed by atoms with Crippen molar-refractivity contribution in [3.05, 3.63) is 40.2 Å². The van der Waals surface area contributed by atoms with E-state index in [1.54, 1.807) is 0 Å². The van der Waals surface area contributed by atoms with Crippen LogP contribution in [0.2, 0.25) is 0 Å². The summed E-state index contributed by atoms with van der Waals surface area (Å²) in [6.45, 7) is 0. The molecule has 0 aliphatic heterocycles. The van der Waals surface area contributed by atoms with Crippen molar-refractivity contribution in [3.8, 4) is 0 Å². The van der Waals surface area contributed by atoms with Gasteiger partial charge in [-0.1, -0.05) is 12.2 Å². The minimum absolute atomic E-state index is 0. The maximum absolute atomic E-state index is 11.1. The van der Waals surface area contributed by atoms with Crippen molar-refractivity contribution in [3.63, 3.8) is 0 Å². The fraction of sp³-hybridized carbons (Fsp3) is 0. The molecule has 1 aromatic carbocycles. The molecule has 0 spiro atoms. The summed E-state index contributed by atoms with van der Waals surface area (Å²) in [4.78, 5) is -1.97. The van der Waals surface area contributed by atoms with Gasteiger partial charge in [0.15, 0.2) is 0 Å². The summed E-state index contributed by atoms with van der Waals surface area (Å²) in [5.41, 5.74) is -2.23. The van der Waals surface area contributed by atoms with E-state index in [1.807, 2.05) is 0 Å². The van der Waals surface area contributed by atoms with Crippen molar-refractivity contribution < 1.29 is 94.4 Å². The maximum atomic E-state index is 11.1. The molecule has 0 amide bonds. The van der Waals surface area contributed by atoms with Crippen molar-refractivity contribution >= 4 is 37.7 Å². The zero-order valence-electron chi connectivity index (χ0n) is 10.8. The molecule has 1 aliphatic carbocycles. The molecule has 0 aromatic heterocycles. The molecule has 2 rings (SSSR count). The van der Waals surface area contributed by atoms with E-state index < -0.39 is 47.0 Å². The van der Waals surface area contributed by atoms with Crippen molar-refractivity contribution in [2.45, 2.75) is 9.79 Å². The van der Waals surface area contributed by atoms with Gasteiger partial charge in [-0.15, -0.1) is 0 Å². The predicted octanol–water partition coefficient (Wildman–Crippen LogP) is -3.11. The van der Waals surface area contributed by atoms with Crippen LogP contribution in [0.4, 0.5) is 0 Å². The molecule has 0 saturated carbocycles. The SMILES string of the molecule is [Fe+2].[K+].[N-]=C1C=Cc2c(cc(S(=O)(=O)[O-])cc2S(=O)(=O)[O-])C1=[N-]. The maximum Gasteiger partial charge on any atom is 2.00 e. The van der Waals surface area contributed by atoms with E-state index in [4.69, 9.17) is 0 Å². The Labute approximate surface area is 179 Å². The van der Waals surface area contributed by atoms with Gasteiger partial charge < -0.3 is 19.9 Å². The first-order chi connectivity index (χ1) is 9.01. The predicted molar refractivity (Wildman–Crippen MR) is 67.2 cm³/mol. The zero-order valence-corrected chi connectivity index (χ0v) is 16.7. The first kappa shape index (κ1) is 22.3. The second kappa shape index (κ2) is 7.45. The number of hydrogen-bond donors (Lipinski definition) is 0. The number of hydrogen-bond acceptors (Lipinski definition) is 6. The third-order valence-corrected chi connectivity index (χ3v) is 4.27. The number of benzene rings is 1. The Balaban J connectivity index is 0.00000220. The molecule has 0 unspecified atom stereocenters. The summed E-state index contributed by atoms with van der Waals surface area (Å²) < 4.78 is 66.2. The fourth-order valence-corrected chi connectivity index (χ4v) is 3.02. The number of nitrogens with zero attached hydrogens (tertiary/aromatic N) is 2. The molecule has 0 atom stereocenters. The Morgan fingerprint density at radius 2 is 1.45 bits per heavy atom. The van der Waals surface area contributed by atoms with Gasteiger partial charge >= 0.3 is 68.5 Å². The summed E-state index contributed by atoms with van der Waals surface area (Å²) in [6, 6.07) is 1.10. The molecular weight excluding hydrogens is 403 g/mol. The number of fused-ring (bicyclic) bond motifs is 1. The normalized spacial score (nSPS) is 13.9. The van der Waals surface area contributed by atoms with Crippen LogP contribution < -0.4 is 51.4 Å². The van der Waals surface area contributed by atoms with E-state index in [-0.39, 0.29) is 74.0 Å². The third-order valence-electron chi connectivity index (χ3n) is 2.58. The van der Waals surface area contributed by atoms with Gasteiger partial charge in [0.1, 0.15) is 20.2 Å².